The van der Waals surface area contributed by atoms with Crippen molar-refractivity contribution in [3.05, 3.63) is 30.3 Å². The van der Waals surface area contributed by atoms with Crippen LogP contribution in [0, 0.1) is 0 Å². The van der Waals surface area contributed by atoms with Gasteiger partial charge in [-0.2, -0.15) is 0 Å². The number of rotatable bonds is 3. The fraction of sp³-hybridized carbons (Fsp3) is 0.333. The van der Waals surface area contributed by atoms with Crippen molar-refractivity contribution in [2.24, 2.45) is 0 Å². The quantitative estimate of drug-likeness (QED) is 0.600. The second kappa shape index (κ2) is 4.59. The lowest BCUT2D eigenvalue weighted by Crippen LogP contribution is -2.04. The van der Waals surface area contributed by atoms with Crippen LogP contribution in [0.4, 0.5) is 0 Å². The molecule has 0 bridgehead atoms. The van der Waals surface area contributed by atoms with Gasteiger partial charge in [0.1, 0.15) is 9.86 Å². The lowest BCUT2D eigenvalue weighted by molar-refractivity contribution is 0.299. The first-order valence-electron chi connectivity index (χ1n) is 3.68. The maximum atomic E-state index is 5.55. The summed E-state index contributed by atoms with van der Waals surface area (Å²) in [5.41, 5.74) is 0. The molecule has 1 unspecified atom stereocenters. The van der Waals surface area contributed by atoms with Gasteiger partial charge in [0.25, 0.3) is 0 Å². The van der Waals surface area contributed by atoms with E-state index in [1.54, 1.807) is 0 Å². The lowest BCUT2D eigenvalue weighted by atomic mass is 10.3. The molecule has 1 atom stereocenters. The number of alkyl halides is 1. The molecule has 0 saturated heterocycles. The van der Waals surface area contributed by atoms with E-state index < -0.39 is 0 Å². The largest absolute Gasteiger partial charge is 0.480 e. The van der Waals surface area contributed by atoms with Crippen LogP contribution in [-0.4, -0.2) is 4.11 Å². The van der Waals surface area contributed by atoms with Crippen LogP contribution in [-0.2, 0) is 0 Å². The third-order valence-electron chi connectivity index (χ3n) is 1.33. The smallest absolute Gasteiger partial charge is 0.149 e. The van der Waals surface area contributed by atoms with Crippen molar-refractivity contribution in [3.8, 4) is 5.75 Å². The van der Waals surface area contributed by atoms with Gasteiger partial charge >= 0.3 is 0 Å². The van der Waals surface area contributed by atoms with Gasteiger partial charge in [0.2, 0.25) is 0 Å². The van der Waals surface area contributed by atoms with Gasteiger partial charge in [0.05, 0.1) is 0 Å². The molecule has 0 heterocycles. The Balaban J connectivity index is 2.51. The molecule has 0 saturated carbocycles. The molecule has 2 heteroatoms. The van der Waals surface area contributed by atoms with Crippen molar-refractivity contribution in [3.63, 3.8) is 0 Å². The van der Waals surface area contributed by atoms with Crippen LogP contribution in [0.25, 0.3) is 0 Å². The molecule has 1 rings (SSSR count). The Kier molecular flexibility index (Phi) is 3.69. The van der Waals surface area contributed by atoms with Crippen LogP contribution in [0.15, 0.2) is 30.3 Å². The standard InChI is InChI=1S/C9H11IO/c1-2-9(10)11-8-6-4-3-5-7-8/h3-7,9H,2H2,1H3. The van der Waals surface area contributed by atoms with E-state index in [9.17, 15) is 0 Å². The summed E-state index contributed by atoms with van der Waals surface area (Å²) in [6.07, 6.45) is 1.04. The summed E-state index contributed by atoms with van der Waals surface area (Å²) in [4.78, 5) is 0. The minimum Gasteiger partial charge on any atom is -0.480 e. The van der Waals surface area contributed by atoms with E-state index in [0.717, 1.165) is 12.2 Å². The van der Waals surface area contributed by atoms with E-state index in [4.69, 9.17) is 4.74 Å². The average molecular weight is 262 g/mol. The second-order valence-electron chi connectivity index (χ2n) is 2.25. The number of ether oxygens (including phenoxy) is 1. The number of benzene rings is 1. The number of hydrogen-bond donors (Lipinski definition) is 0. The van der Waals surface area contributed by atoms with E-state index in [1.165, 1.54) is 0 Å². The van der Waals surface area contributed by atoms with Gasteiger partial charge in [0, 0.05) is 0 Å². The Bertz CT molecular complexity index is 198. The maximum absolute atomic E-state index is 5.55. The van der Waals surface area contributed by atoms with Crippen molar-refractivity contribution in [1.82, 2.24) is 0 Å². The molecule has 0 N–H and O–H groups in total. The van der Waals surface area contributed by atoms with E-state index in [0.29, 0.717) is 0 Å². The van der Waals surface area contributed by atoms with Gasteiger partial charge in [-0.1, -0.05) is 25.1 Å². The molecule has 0 aliphatic carbocycles. The van der Waals surface area contributed by atoms with Crippen molar-refractivity contribution in [2.45, 2.75) is 17.5 Å². The molecular formula is C9H11IO. The molecule has 11 heavy (non-hydrogen) atoms. The number of hydrogen-bond acceptors (Lipinski definition) is 1. The zero-order valence-corrected chi connectivity index (χ0v) is 8.61. The summed E-state index contributed by atoms with van der Waals surface area (Å²) in [6.45, 7) is 2.11. The Morgan fingerprint density at radius 1 is 1.36 bits per heavy atom. The fourth-order valence-electron chi connectivity index (χ4n) is 0.730. The van der Waals surface area contributed by atoms with E-state index in [2.05, 4.69) is 29.5 Å². The third-order valence-corrected chi connectivity index (χ3v) is 2.46. The highest BCUT2D eigenvalue weighted by Gasteiger charge is 1.99. The topological polar surface area (TPSA) is 9.23 Å². The Hall–Kier alpha value is -0.250. The second-order valence-corrected chi connectivity index (χ2v) is 3.64. The highest BCUT2D eigenvalue weighted by molar-refractivity contribution is 14.1. The summed E-state index contributed by atoms with van der Waals surface area (Å²) in [5.74, 6) is 0.953. The average Bonchev–Trinajstić information content (AvgIpc) is 2.06. The summed E-state index contributed by atoms with van der Waals surface area (Å²) in [6, 6.07) is 9.90. The first-order valence-corrected chi connectivity index (χ1v) is 4.93. The third kappa shape index (κ3) is 3.10. The molecule has 0 aliphatic rings. The van der Waals surface area contributed by atoms with Gasteiger partial charge in [-0.25, -0.2) is 0 Å². The molecule has 1 aromatic carbocycles. The van der Waals surface area contributed by atoms with Crippen molar-refractivity contribution in [1.29, 1.82) is 0 Å². The molecule has 0 spiro atoms. The Morgan fingerprint density at radius 2 is 2.00 bits per heavy atom. The molecule has 1 nitrogen and oxygen atoms in total. The van der Waals surface area contributed by atoms with Crippen molar-refractivity contribution >= 4 is 22.6 Å². The minimum atomic E-state index is 0.287. The van der Waals surface area contributed by atoms with Crippen LogP contribution in [0.1, 0.15) is 13.3 Å². The first kappa shape index (κ1) is 8.84. The van der Waals surface area contributed by atoms with Gasteiger partial charge in [0.15, 0.2) is 0 Å². The van der Waals surface area contributed by atoms with Gasteiger partial charge in [-0.3, -0.25) is 0 Å². The van der Waals surface area contributed by atoms with Crippen LogP contribution < -0.4 is 4.74 Å². The molecule has 0 fully saturated rings. The van der Waals surface area contributed by atoms with Gasteiger partial charge in [-0.15, -0.1) is 0 Å². The Labute approximate surface area is 80.9 Å². The summed E-state index contributed by atoms with van der Waals surface area (Å²) < 4.78 is 5.84. The summed E-state index contributed by atoms with van der Waals surface area (Å²) in [5, 5.41) is 0. The predicted molar refractivity (Wildman–Crippen MR) is 55.2 cm³/mol. The fourth-order valence-corrected chi connectivity index (χ4v) is 1.02. The normalized spacial score (nSPS) is 12.5. The zero-order chi connectivity index (χ0) is 8.10. The van der Waals surface area contributed by atoms with Gasteiger partial charge in [-0.05, 0) is 41.1 Å². The molecule has 1 aromatic rings. The molecule has 60 valence electrons. The molecular weight excluding hydrogens is 251 g/mol. The number of halogens is 1. The molecule has 0 amide bonds. The van der Waals surface area contributed by atoms with Crippen LogP contribution in [0.3, 0.4) is 0 Å². The Morgan fingerprint density at radius 3 is 2.55 bits per heavy atom. The molecule has 0 radical (unpaired) electrons. The predicted octanol–water partition coefficient (Wildman–Crippen LogP) is 3.24. The van der Waals surface area contributed by atoms with Crippen molar-refractivity contribution in [2.75, 3.05) is 0 Å². The number of para-hydroxylation sites is 1. The molecule has 0 aromatic heterocycles. The van der Waals surface area contributed by atoms with Crippen molar-refractivity contribution < 1.29 is 4.74 Å². The molecule has 0 aliphatic heterocycles. The van der Waals surface area contributed by atoms with Crippen LogP contribution >= 0.6 is 22.6 Å². The summed E-state index contributed by atoms with van der Waals surface area (Å²) >= 11 is 2.29. The first-order chi connectivity index (χ1) is 5.33. The van der Waals surface area contributed by atoms with Crippen LogP contribution in [0.5, 0.6) is 5.75 Å². The monoisotopic (exact) mass is 262 g/mol. The van der Waals surface area contributed by atoms with E-state index >= 15 is 0 Å². The minimum absolute atomic E-state index is 0.287. The maximum Gasteiger partial charge on any atom is 0.149 e. The highest BCUT2D eigenvalue weighted by Crippen LogP contribution is 2.15. The summed E-state index contributed by atoms with van der Waals surface area (Å²) in [7, 11) is 0. The SMILES string of the molecule is CCC(I)Oc1ccccc1. The zero-order valence-electron chi connectivity index (χ0n) is 6.46. The lowest BCUT2D eigenvalue weighted by Gasteiger charge is -2.09. The van der Waals surface area contributed by atoms with Crippen LogP contribution in [0.2, 0.25) is 0 Å². The van der Waals surface area contributed by atoms with E-state index in [-0.39, 0.29) is 4.11 Å². The highest BCUT2D eigenvalue weighted by atomic mass is 127. The van der Waals surface area contributed by atoms with E-state index in [1.807, 2.05) is 30.3 Å². The van der Waals surface area contributed by atoms with Gasteiger partial charge < -0.3 is 4.74 Å².